The number of hydrogen-bond donors (Lipinski definition) is 1. The van der Waals surface area contributed by atoms with E-state index >= 15 is 0 Å². The Bertz CT molecular complexity index is 970. The van der Waals surface area contributed by atoms with Gasteiger partial charge in [-0.3, -0.25) is 9.10 Å². The van der Waals surface area contributed by atoms with Gasteiger partial charge in [0.05, 0.1) is 30.3 Å². The number of rotatable bonds is 6. The first-order valence-corrected chi connectivity index (χ1v) is 10.0. The molecule has 2 rings (SSSR count). The number of ether oxygens (including phenoxy) is 1. The van der Waals surface area contributed by atoms with Crippen LogP contribution in [0.15, 0.2) is 42.5 Å². The third kappa shape index (κ3) is 5.07. The maximum atomic E-state index is 12.5. The van der Waals surface area contributed by atoms with Crippen molar-refractivity contribution in [1.29, 1.82) is 0 Å². The van der Waals surface area contributed by atoms with Crippen LogP contribution in [0.4, 0.5) is 11.4 Å². The summed E-state index contributed by atoms with van der Waals surface area (Å²) in [6.07, 6.45) is 1.05. The van der Waals surface area contributed by atoms with Gasteiger partial charge in [-0.1, -0.05) is 24.3 Å². The van der Waals surface area contributed by atoms with E-state index in [-0.39, 0.29) is 11.3 Å². The number of nitrogens with zero attached hydrogens (tertiary/aromatic N) is 1. The fourth-order valence-corrected chi connectivity index (χ4v) is 3.48. The van der Waals surface area contributed by atoms with Gasteiger partial charge in [0.15, 0.2) is 0 Å². The van der Waals surface area contributed by atoms with Crippen LogP contribution in [0.25, 0.3) is 0 Å². The molecule has 0 aromatic heterocycles. The van der Waals surface area contributed by atoms with Gasteiger partial charge in [-0.25, -0.2) is 13.2 Å². The Morgan fingerprint density at radius 3 is 2.41 bits per heavy atom. The highest BCUT2D eigenvalue weighted by atomic mass is 32.2. The Hall–Kier alpha value is -2.87. The van der Waals surface area contributed by atoms with Crippen LogP contribution in [0.5, 0.6) is 0 Å². The van der Waals surface area contributed by atoms with Gasteiger partial charge in [-0.15, -0.1) is 0 Å². The molecule has 0 atom stereocenters. The zero-order valence-electron chi connectivity index (χ0n) is 15.6. The summed E-state index contributed by atoms with van der Waals surface area (Å²) in [5.41, 5.74) is 2.48. The van der Waals surface area contributed by atoms with Crippen molar-refractivity contribution in [2.75, 3.05) is 29.5 Å². The highest BCUT2D eigenvalue weighted by Crippen LogP contribution is 2.24. The molecule has 0 fully saturated rings. The van der Waals surface area contributed by atoms with Crippen LogP contribution in [0, 0.1) is 13.8 Å². The number of nitrogens with one attached hydrogen (secondary N) is 1. The Labute approximate surface area is 159 Å². The first-order valence-electron chi connectivity index (χ1n) is 8.15. The Balaban J connectivity index is 2.31. The molecular formula is C19H22N2O5S. The molecule has 0 saturated carbocycles. The molecule has 8 heteroatoms. The Morgan fingerprint density at radius 2 is 1.78 bits per heavy atom. The highest BCUT2D eigenvalue weighted by Gasteiger charge is 2.23. The third-order valence-corrected chi connectivity index (χ3v) is 5.05. The molecule has 2 aromatic rings. The molecule has 0 spiro atoms. The second kappa shape index (κ2) is 8.22. The Morgan fingerprint density at radius 1 is 1.11 bits per heavy atom. The van der Waals surface area contributed by atoms with Crippen LogP contribution >= 0.6 is 0 Å². The van der Waals surface area contributed by atoms with Crippen LogP contribution in [0.1, 0.15) is 21.5 Å². The van der Waals surface area contributed by atoms with Gasteiger partial charge in [0.2, 0.25) is 15.9 Å². The minimum absolute atomic E-state index is 0.186. The minimum atomic E-state index is -3.69. The second-order valence-electron chi connectivity index (χ2n) is 6.14. The molecule has 0 unspecified atom stereocenters. The predicted molar refractivity (Wildman–Crippen MR) is 105 cm³/mol. The van der Waals surface area contributed by atoms with Crippen molar-refractivity contribution in [1.82, 2.24) is 0 Å². The van der Waals surface area contributed by atoms with Gasteiger partial charge in [-0.2, -0.15) is 0 Å². The molecule has 1 amide bonds. The zero-order chi connectivity index (χ0) is 20.2. The number of esters is 1. The van der Waals surface area contributed by atoms with Gasteiger partial charge in [0.1, 0.15) is 6.54 Å². The van der Waals surface area contributed by atoms with Crippen molar-refractivity contribution in [2.24, 2.45) is 0 Å². The number of anilines is 2. The molecule has 27 heavy (non-hydrogen) atoms. The maximum Gasteiger partial charge on any atom is 0.339 e. The van der Waals surface area contributed by atoms with Crippen molar-refractivity contribution in [3.05, 3.63) is 59.2 Å². The van der Waals surface area contributed by atoms with Gasteiger partial charge in [0, 0.05) is 0 Å². The highest BCUT2D eigenvalue weighted by molar-refractivity contribution is 7.92. The molecule has 144 valence electrons. The van der Waals surface area contributed by atoms with Crippen LogP contribution in [0.2, 0.25) is 0 Å². The largest absolute Gasteiger partial charge is 0.465 e. The molecule has 0 aliphatic rings. The van der Waals surface area contributed by atoms with E-state index in [1.807, 2.05) is 13.0 Å². The summed E-state index contributed by atoms with van der Waals surface area (Å²) in [5.74, 6) is -1.17. The number of amides is 1. The number of hydrogen-bond acceptors (Lipinski definition) is 5. The lowest BCUT2D eigenvalue weighted by atomic mass is 10.1. The topological polar surface area (TPSA) is 92.8 Å². The summed E-state index contributed by atoms with van der Waals surface area (Å²) in [6.45, 7) is 3.20. The summed E-state index contributed by atoms with van der Waals surface area (Å²) in [4.78, 5) is 24.4. The maximum absolute atomic E-state index is 12.5. The molecule has 1 N–H and O–H groups in total. The standard InChI is InChI=1S/C19H22N2O5S/c1-13-9-10-14(2)17(11-13)21(27(4,24)25)12-18(22)20-16-8-6-5-7-15(16)19(23)26-3/h5-11H,12H2,1-4H3,(H,20,22). The summed E-state index contributed by atoms with van der Waals surface area (Å²) in [6, 6.07) is 11.7. The van der Waals surface area contributed by atoms with Crippen LogP contribution in [0.3, 0.4) is 0 Å². The average Bonchev–Trinajstić information content (AvgIpc) is 2.61. The number of sulfonamides is 1. The molecule has 0 heterocycles. The molecular weight excluding hydrogens is 368 g/mol. The molecule has 0 saturated heterocycles. The first-order chi connectivity index (χ1) is 12.6. The second-order valence-corrected chi connectivity index (χ2v) is 8.05. The summed E-state index contributed by atoms with van der Waals surface area (Å²) < 4.78 is 30.3. The van der Waals surface area contributed by atoms with E-state index in [1.54, 1.807) is 37.3 Å². The van der Waals surface area contributed by atoms with Crippen LogP contribution in [-0.4, -0.2) is 40.2 Å². The number of carbonyl (C=O) groups excluding carboxylic acids is 2. The van der Waals surface area contributed by atoms with Crippen molar-refractivity contribution in [3.8, 4) is 0 Å². The number of methoxy groups -OCH3 is 1. The summed E-state index contributed by atoms with van der Waals surface area (Å²) in [5, 5.41) is 2.59. The van der Waals surface area contributed by atoms with E-state index in [4.69, 9.17) is 4.74 Å². The lowest BCUT2D eigenvalue weighted by Crippen LogP contribution is -2.38. The first kappa shape index (κ1) is 20.4. The van der Waals surface area contributed by atoms with Crippen molar-refractivity contribution < 1.29 is 22.7 Å². The SMILES string of the molecule is COC(=O)c1ccccc1NC(=O)CN(c1cc(C)ccc1C)S(C)(=O)=O. The number of carbonyl (C=O) groups is 2. The summed E-state index contributed by atoms with van der Waals surface area (Å²) in [7, 11) is -2.45. The fraction of sp³-hybridized carbons (Fsp3) is 0.263. The number of benzene rings is 2. The Kier molecular flexibility index (Phi) is 6.22. The monoisotopic (exact) mass is 390 g/mol. The molecule has 0 radical (unpaired) electrons. The minimum Gasteiger partial charge on any atom is -0.465 e. The van der Waals surface area contributed by atoms with Crippen molar-refractivity contribution in [3.63, 3.8) is 0 Å². The lowest BCUT2D eigenvalue weighted by Gasteiger charge is -2.24. The average molecular weight is 390 g/mol. The molecule has 0 aliphatic heterocycles. The van der Waals surface area contributed by atoms with Gasteiger partial charge in [0.25, 0.3) is 0 Å². The van der Waals surface area contributed by atoms with E-state index in [2.05, 4.69) is 5.32 Å². The summed E-state index contributed by atoms with van der Waals surface area (Å²) >= 11 is 0. The zero-order valence-corrected chi connectivity index (χ0v) is 16.5. The van der Waals surface area contributed by atoms with Crippen molar-refractivity contribution in [2.45, 2.75) is 13.8 Å². The van der Waals surface area contributed by atoms with Gasteiger partial charge >= 0.3 is 5.97 Å². The van der Waals surface area contributed by atoms with Crippen LogP contribution in [-0.2, 0) is 19.6 Å². The predicted octanol–water partition coefficient (Wildman–Crippen LogP) is 2.49. The fourth-order valence-electron chi connectivity index (χ4n) is 2.57. The normalized spacial score (nSPS) is 11.0. The van der Waals surface area contributed by atoms with Crippen LogP contribution < -0.4 is 9.62 Å². The van der Waals surface area contributed by atoms with E-state index in [9.17, 15) is 18.0 Å². The molecule has 0 bridgehead atoms. The molecule has 2 aromatic carbocycles. The quantitative estimate of drug-likeness (QED) is 0.765. The van der Waals surface area contributed by atoms with Crippen molar-refractivity contribution >= 4 is 33.3 Å². The van der Waals surface area contributed by atoms with E-state index in [0.717, 1.165) is 21.7 Å². The smallest absolute Gasteiger partial charge is 0.339 e. The molecule has 0 aliphatic carbocycles. The molecule has 7 nitrogen and oxygen atoms in total. The van der Waals surface area contributed by atoms with E-state index in [0.29, 0.717) is 5.69 Å². The van der Waals surface area contributed by atoms with Gasteiger partial charge in [-0.05, 0) is 43.2 Å². The lowest BCUT2D eigenvalue weighted by molar-refractivity contribution is -0.114. The van der Waals surface area contributed by atoms with Gasteiger partial charge < -0.3 is 10.1 Å². The number of aryl methyl sites for hydroxylation is 2. The van der Waals surface area contributed by atoms with E-state index < -0.39 is 28.4 Å². The number of para-hydroxylation sites is 1. The van der Waals surface area contributed by atoms with E-state index in [1.165, 1.54) is 13.2 Å². The third-order valence-electron chi connectivity index (χ3n) is 3.93.